The number of alkyl carbamates (subject to hydrolysis) is 1. The van der Waals surface area contributed by atoms with E-state index >= 15 is 0 Å². The van der Waals surface area contributed by atoms with Gasteiger partial charge < -0.3 is 19.8 Å². The minimum atomic E-state index is -0.574. The highest BCUT2D eigenvalue weighted by molar-refractivity contribution is 6.35. The number of nitrogens with one attached hydrogen (secondary N) is 2. The second-order valence-electron chi connectivity index (χ2n) is 6.17. The Balaban J connectivity index is 2.21. The molecule has 0 fully saturated rings. The number of rotatable bonds is 4. The van der Waals surface area contributed by atoms with Crippen LogP contribution in [0.15, 0.2) is 12.3 Å². The second kappa shape index (κ2) is 7.09. The van der Waals surface area contributed by atoms with Gasteiger partial charge in [0.15, 0.2) is 0 Å². The van der Waals surface area contributed by atoms with Gasteiger partial charge in [0.25, 0.3) is 0 Å². The van der Waals surface area contributed by atoms with Crippen LogP contribution in [0.1, 0.15) is 36.8 Å². The van der Waals surface area contributed by atoms with E-state index in [1.54, 1.807) is 33.0 Å². The summed E-state index contributed by atoms with van der Waals surface area (Å²) in [5.41, 5.74) is 0.843. The standard InChI is InChI=1S/C16H20ClN3O4/c1-16(2,3)24-15(22)19-7-5-9-11-10(17)6-8-18-13(11)20-12(9)14(21)23-4/h6,8H,5,7H2,1-4H3,(H,18,20)(H,19,22). The zero-order valence-corrected chi connectivity index (χ0v) is 14.8. The maximum Gasteiger partial charge on any atom is 0.407 e. The number of hydrogen-bond donors (Lipinski definition) is 2. The Hall–Kier alpha value is -2.28. The number of ether oxygens (including phenoxy) is 2. The summed E-state index contributed by atoms with van der Waals surface area (Å²) in [5.74, 6) is -0.517. The Bertz CT molecular complexity index is 765. The van der Waals surface area contributed by atoms with Crippen LogP contribution in [0.5, 0.6) is 0 Å². The zero-order valence-electron chi connectivity index (χ0n) is 14.0. The Morgan fingerprint density at radius 1 is 1.38 bits per heavy atom. The number of esters is 1. The Morgan fingerprint density at radius 3 is 2.71 bits per heavy atom. The average molecular weight is 354 g/mol. The Kier molecular flexibility index (Phi) is 5.33. The maximum atomic E-state index is 12.0. The van der Waals surface area contributed by atoms with Gasteiger partial charge >= 0.3 is 12.1 Å². The van der Waals surface area contributed by atoms with Crippen molar-refractivity contribution in [2.45, 2.75) is 32.8 Å². The average Bonchev–Trinajstić information content (AvgIpc) is 2.85. The molecule has 0 radical (unpaired) electrons. The smallest absolute Gasteiger partial charge is 0.407 e. The molecule has 0 unspecified atom stereocenters. The lowest BCUT2D eigenvalue weighted by atomic mass is 10.1. The van der Waals surface area contributed by atoms with Crippen LogP contribution >= 0.6 is 11.6 Å². The maximum absolute atomic E-state index is 12.0. The lowest BCUT2D eigenvalue weighted by molar-refractivity contribution is 0.0528. The SMILES string of the molecule is COC(=O)c1[nH]c2nccc(Cl)c2c1CCNC(=O)OC(C)(C)C. The molecule has 0 aliphatic heterocycles. The van der Waals surface area contributed by atoms with E-state index in [9.17, 15) is 9.59 Å². The molecule has 0 atom stereocenters. The van der Waals surface area contributed by atoms with Crippen molar-refractivity contribution in [2.75, 3.05) is 13.7 Å². The number of methoxy groups -OCH3 is 1. The fourth-order valence-electron chi connectivity index (χ4n) is 2.27. The highest BCUT2D eigenvalue weighted by Gasteiger charge is 2.21. The number of hydrogen-bond acceptors (Lipinski definition) is 5. The topological polar surface area (TPSA) is 93.3 Å². The molecule has 2 aromatic heterocycles. The van der Waals surface area contributed by atoms with E-state index in [4.69, 9.17) is 21.1 Å². The predicted octanol–water partition coefficient (Wildman–Crippen LogP) is 3.07. The van der Waals surface area contributed by atoms with Gasteiger partial charge in [0, 0.05) is 18.1 Å². The number of H-pyrrole nitrogens is 1. The molecule has 8 heteroatoms. The first kappa shape index (κ1) is 18.1. The quantitative estimate of drug-likeness (QED) is 0.824. The van der Waals surface area contributed by atoms with E-state index in [1.165, 1.54) is 7.11 Å². The molecule has 0 bridgehead atoms. The van der Waals surface area contributed by atoms with Crippen molar-refractivity contribution >= 4 is 34.7 Å². The van der Waals surface area contributed by atoms with Crippen LogP contribution in [0.2, 0.25) is 5.02 Å². The van der Waals surface area contributed by atoms with Crippen LogP contribution < -0.4 is 5.32 Å². The molecule has 0 spiro atoms. The second-order valence-corrected chi connectivity index (χ2v) is 6.57. The normalized spacial score (nSPS) is 11.4. The number of carbonyl (C=O) groups is 2. The van der Waals surface area contributed by atoms with Crippen molar-refractivity contribution in [3.63, 3.8) is 0 Å². The third-order valence-electron chi connectivity index (χ3n) is 3.18. The molecule has 130 valence electrons. The van der Waals surface area contributed by atoms with Gasteiger partial charge in [-0.3, -0.25) is 0 Å². The Morgan fingerprint density at radius 2 is 2.08 bits per heavy atom. The van der Waals surface area contributed by atoms with Gasteiger partial charge in [-0.15, -0.1) is 0 Å². The summed E-state index contributed by atoms with van der Waals surface area (Å²) >= 11 is 6.23. The van der Waals surface area contributed by atoms with Crippen LogP contribution in [0.25, 0.3) is 11.0 Å². The molecular formula is C16H20ClN3O4. The molecule has 2 rings (SSSR count). The predicted molar refractivity (Wildman–Crippen MR) is 90.4 cm³/mol. The molecule has 0 saturated carbocycles. The van der Waals surface area contributed by atoms with E-state index in [0.717, 1.165) is 0 Å². The molecule has 0 aromatic carbocycles. The summed E-state index contributed by atoms with van der Waals surface area (Å²) in [7, 11) is 1.30. The number of amides is 1. The fraction of sp³-hybridized carbons (Fsp3) is 0.438. The first-order valence-electron chi connectivity index (χ1n) is 7.43. The van der Waals surface area contributed by atoms with Crippen molar-refractivity contribution in [2.24, 2.45) is 0 Å². The monoisotopic (exact) mass is 353 g/mol. The van der Waals surface area contributed by atoms with Gasteiger partial charge in [0.05, 0.1) is 12.1 Å². The summed E-state index contributed by atoms with van der Waals surface area (Å²) < 4.78 is 9.97. The molecule has 0 aliphatic carbocycles. The summed E-state index contributed by atoms with van der Waals surface area (Å²) in [4.78, 5) is 30.8. The van der Waals surface area contributed by atoms with Gasteiger partial charge in [-0.2, -0.15) is 0 Å². The molecule has 2 heterocycles. The van der Waals surface area contributed by atoms with Gasteiger partial charge in [-0.05, 0) is 38.8 Å². The summed E-state index contributed by atoms with van der Waals surface area (Å²) in [6.45, 7) is 5.63. The van der Waals surface area contributed by atoms with Crippen LogP contribution in [-0.4, -0.2) is 41.3 Å². The van der Waals surface area contributed by atoms with E-state index in [1.807, 2.05) is 0 Å². The van der Waals surface area contributed by atoms with Gasteiger partial charge in [0.2, 0.25) is 0 Å². The zero-order chi connectivity index (χ0) is 17.9. The highest BCUT2D eigenvalue weighted by atomic mass is 35.5. The summed E-state index contributed by atoms with van der Waals surface area (Å²) in [6.07, 6.45) is 1.39. The molecule has 0 aliphatic rings. The van der Waals surface area contributed by atoms with Gasteiger partial charge in [-0.25, -0.2) is 14.6 Å². The molecule has 2 aromatic rings. The van der Waals surface area contributed by atoms with Gasteiger partial charge in [0.1, 0.15) is 16.9 Å². The molecule has 2 N–H and O–H groups in total. The third kappa shape index (κ3) is 4.17. The van der Waals surface area contributed by atoms with Crippen molar-refractivity contribution in [1.29, 1.82) is 0 Å². The number of nitrogens with zero attached hydrogens (tertiary/aromatic N) is 1. The number of aromatic nitrogens is 2. The number of carbonyl (C=O) groups excluding carboxylic acids is 2. The van der Waals surface area contributed by atoms with Crippen LogP contribution in [-0.2, 0) is 15.9 Å². The van der Waals surface area contributed by atoms with Crippen LogP contribution in [0, 0.1) is 0 Å². The number of pyridine rings is 1. The Labute approximate surface area is 144 Å². The van der Waals surface area contributed by atoms with Crippen molar-refractivity contribution in [1.82, 2.24) is 15.3 Å². The first-order valence-corrected chi connectivity index (χ1v) is 7.81. The first-order chi connectivity index (χ1) is 11.2. The molecular weight excluding hydrogens is 334 g/mol. The van der Waals surface area contributed by atoms with Gasteiger partial charge in [-0.1, -0.05) is 11.6 Å². The number of fused-ring (bicyclic) bond motifs is 1. The molecule has 0 saturated heterocycles. The van der Waals surface area contributed by atoms with E-state index < -0.39 is 17.7 Å². The highest BCUT2D eigenvalue weighted by Crippen LogP contribution is 2.28. The minimum absolute atomic E-state index is 0.275. The van der Waals surface area contributed by atoms with Crippen LogP contribution in [0.4, 0.5) is 4.79 Å². The number of halogens is 1. The summed E-state index contributed by atoms with van der Waals surface area (Å²) in [5, 5.41) is 3.77. The largest absolute Gasteiger partial charge is 0.464 e. The lowest BCUT2D eigenvalue weighted by Gasteiger charge is -2.19. The van der Waals surface area contributed by atoms with Crippen molar-refractivity contribution in [3.8, 4) is 0 Å². The molecule has 7 nitrogen and oxygen atoms in total. The third-order valence-corrected chi connectivity index (χ3v) is 3.49. The molecule has 1 amide bonds. The van der Waals surface area contributed by atoms with E-state index in [-0.39, 0.29) is 12.2 Å². The minimum Gasteiger partial charge on any atom is -0.464 e. The van der Waals surface area contributed by atoms with E-state index in [0.29, 0.717) is 28.0 Å². The van der Waals surface area contributed by atoms with Crippen molar-refractivity contribution < 1.29 is 19.1 Å². The molecule has 24 heavy (non-hydrogen) atoms. The lowest BCUT2D eigenvalue weighted by Crippen LogP contribution is -2.33. The van der Waals surface area contributed by atoms with Crippen LogP contribution in [0.3, 0.4) is 0 Å². The van der Waals surface area contributed by atoms with E-state index in [2.05, 4.69) is 15.3 Å². The fourth-order valence-corrected chi connectivity index (χ4v) is 2.53. The number of aromatic amines is 1. The summed E-state index contributed by atoms with van der Waals surface area (Å²) in [6, 6.07) is 1.64. The van der Waals surface area contributed by atoms with Crippen molar-refractivity contribution in [3.05, 3.63) is 28.5 Å².